The zero-order valence-corrected chi connectivity index (χ0v) is 10.00. The highest BCUT2D eigenvalue weighted by molar-refractivity contribution is 6.03. The minimum Gasteiger partial charge on any atom is -0.409 e. The molecule has 5 N–H and O–H groups in total. The summed E-state index contributed by atoms with van der Waals surface area (Å²) in [6.45, 7) is 0. The van der Waals surface area contributed by atoms with Crippen molar-refractivity contribution in [3.8, 4) is 0 Å². The maximum Gasteiger partial charge on any atom is 0.258 e. The van der Waals surface area contributed by atoms with Gasteiger partial charge >= 0.3 is 0 Å². The van der Waals surface area contributed by atoms with Crippen LogP contribution in [0.2, 0.25) is 0 Å². The smallest absolute Gasteiger partial charge is 0.258 e. The Balaban J connectivity index is 2.01. The van der Waals surface area contributed by atoms with Crippen LogP contribution in [0.5, 0.6) is 0 Å². The van der Waals surface area contributed by atoms with Crippen molar-refractivity contribution in [3.05, 3.63) is 47.8 Å². The minimum absolute atomic E-state index is 0.134. The van der Waals surface area contributed by atoms with Gasteiger partial charge in [-0.3, -0.25) is 9.89 Å². The van der Waals surface area contributed by atoms with Crippen LogP contribution in [0.15, 0.2) is 41.8 Å². The van der Waals surface area contributed by atoms with Gasteiger partial charge in [-0.1, -0.05) is 17.3 Å². The van der Waals surface area contributed by atoms with Crippen molar-refractivity contribution in [3.63, 3.8) is 0 Å². The summed E-state index contributed by atoms with van der Waals surface area (Å²) in [5.74, 6) is -0.104. The van der Waals surface area contributed by atoms with Crippen molar-refractivity contribution in [2.24, 2.45) is 10.9 Å². The highest BCUT2D eigenvalue weighted by atomic mass is 16.4. The summed E-state index contributed by atoms with van der Waals surface area (Å²) in [5, 5.41) is 20.4. The molecule has 0 spiro atoms. The number of aromatic nitrogens is 2. The number of carbonyl (C=O) groups is 1. The monoisotopic (exact) mass is 259 g/mol. The van der Waals surface area contributed by atoms with Gasteiger partial charge in [-0.2, -0.15) is 5.10 Å². The van der Waals surface area contributed by atoms with Crippen molar-refractivity contribution in [2.75, 3.05) is 5.32 Å². The Kier molecular flexibility index (Phi) is 3.77. The Morgan fingerprint density at radius 3 is 2.74 bits per heavy atom. The predicted molar refractivity (Wildman–Crippen MR) is 70.1 cm³/mol. The standard InChI is InChI=1S/C12H13N5O2/c13-11(17-19)5-8-1-3-10(4-2-8)16-12(18)9-6-14-15-7-9/h1-4,6-7,19H,5H2,(H2,13,17)(H,14,15)(H,16,18). The van der Waals surface area contributed by atoms with Gasteiger partial charge in [0.1, 0.15) is 5.84 Å². The molecule has 0 unspecified atom stereocenters. The second-order valence-electron chi connectivity index (χ2n) is 3.91. The number of hydrogen-bond acceptors (Lipinski definition) is 4. The number of H-pyrrole nitrogens is 1. The normalized spacial score (nSPS) is 11.3. The molecule has 0 saturated carbocycles. The van der Waals surface area contributed by atoms with E-state index in [0.717, 1.165) is 5.56 Å². The summed E-state index contributed by atoms with van der Waals surface area (Å²) in [5.41, 5.74) is 7.41. The van der Waals surface area contributed by atoms with Crippen molar-refractivity contribution in [2.45, 2.75) is 6.42 Å². The van der Waals surface area contributed by atoms with Crippen LogP contribution < -0.4 is 11.1 Å². The average molecular weight is 259 g/mol. The summed E-state index contributed by atoms with van der Waals surface area (Å²) in [4.78, 5) is 11.7. The quantitative estimate of drug-likeness (QED) is 0.283. The first-order valence-electron chi connectivity index (χ1n) is 5.54. The third kappa shape index (κ3) is 3.32. The van der Waals surface area contributed by atoms with Gasteiger partial charge in [0.15, 0.2) is 0 Å². The van der Waals surface area contributed by atoms with Crippen LogP contribution in [-0.4, -0.2) is 27.1 Å². The molecule has 0 atom stereocenters. The van der Waals surface area contributed by atoms with Gasteiger partial charge in [0.05, 0.1) is 11.8 Å². The molecule has 1 aromatic carbocycles. The summed E-state index contributed by atoms with van der Waals surface area (Å²) < 4.78 is 0. The van der Waals surface area contributed by atoms with Gasteiger partial charge in [0.2, 0.25) is 0 Å². The molecule has 7 nitrogen and oxygen atoms in total. The zero-order valence-electron chi connectivity index (χ0n) is 10.00. The van der Waals surface area contributed by atoms with Crippen molar-refractivity contribution >= 4 is 17.4 Å². The molecule has 0 aliphatic carbocycles. The van der Waals surface area contributed by atoms with E-state index in [0.29, 0.717) is 17.7 Å². The number of nitrogens with zero attached hydrogens (tertiary/aromatic N) is 2. The van der Waals surface area contributed by atoms with Crippen LogP contribution in [0.25, 0.3) is 0 Å². The molecular formula is C12H13N5O2. The number of anilines is 1. The van der Waals surface area contributed by atoms with Crippen LogP contribution in [0, 0.1) is 0 Å². The van der Waals surface area contributed by atoms with Gasteiger partial charge < -0.3 is 16.3 Å². The molecule has 1 amide bonds. The molecule has 1 aromatic heterocycles. The lowest BCUT2D eigenvalue weighted by Crippen LogP contribution is -2.15. The Hall–Kier alpha value is -2.83. The van der Waals surface area contributed by atoms with E-state index >= 15 is 0 Å². The van der Waals surface area contributed by atoms with E-state index < -0.39 is 0 Å². The molecule has 0 bridgehead atoms. The fraction of sp³-hybridized carbons (Fsp3) is 0.0833. The highest BCUT2D eigenvalue weighted by Crippen LogP contribution is 2.11. The number of aromatic amines is 1. The van der Waals surface area contributed by atoms with Gasteiger partial charge in [0.25, 0.3) is 5.91 Å². The molecule has 0 aliphatic rings. The molecule has 19 heavy (non-hydrogen) atoms. The Labute approximate surface area is 109 Å². The number of amidine groups is 1. The van der Waals surface area contributed by atoms with Gasteiger partial charge in [-0.25, -0.2) is 0 Å². The average Bonchev–Trinajstić information content (AvgIpc) is 2.95. The van der Waals surface area contributed by atoms with Gasteiger partial charge in [-0.15, -0.1) is 0 Å². The van der Waals surface area contributed by atoms with E-state index in [1.165, 1.54) is 12.4 Å². The number of nitrogens with one attached hydrogen (secondary N) is 2. The molecule has 2 rings (SSSR count). The maximum absolute atomic E-state index is 11.7. The first kappa shape index (κ1) is 12.6. The van der Waals surface area contributed by atoms with Gasteiger partial charge in [-0.05, 0) is 17.7 Å². The van der Waals surface area contributed by atoms with Crippen LogP contribution in [0.4, 0.5) is 5.69 Å². The van der Waals surface area contributed by atoms with E-state index in [2.05, 4.69) is 20.7 Å². The highest BCUT2D eigenvalue weighted by Gasteiger charge is 2.06. The molecule has 0 saturated heterocycles. The molecule has 0 fully saturated rings. The topological polar surface area (TPSA) is 116 Å². The largest absolute Gasteiger partial charge is 0.409 e. The van der Waals surface area contributed by atoms with Gasteiger partial charge in [0, 0.05) is 18.3 Å². The molecular weight excluding hydrogens is 246 g/mol. The third-order valence-electron chi connectivity index (χ3n) is 2.49. The summed E-state index contributed by atoms with van der Waals surface area (Å²) in [7, 11) is 0. The molecule has 1 heterocycles. The van der Waals surface area contributed by atoms with Crippen LogP contribution in [0.3, 0.4) is 0 Å². The lowest BCUT2D eigenvalue weighted by molar-refractivity contribution is 0.102. The first-order valence-corrected chi connectivity index (χ1v) is 5.54. The summed E-state index contributed by atoms with van der Waals surface area (Å²) >= 11 is 0. The number of rotatable bonds is 4. The van der Waals surface area contributed by atoms with E-state index in [1.807, 2.05) is 0 Å². The fourth-order valence-corrected chi connectivity index (χ4v) is 1.53. The van der Waals surface area contributed by atoms with E-state index in [-0.39, 0.29) is 11.7 Å². The van der Waals surface area contributed by atoms with Crippen molar-refractivity contribution < 1.29 is 10.0 Å². The van der Waals surface area contributed by atoms with E-state index in [4.69, 9.17) is 10.9 Å². The van der Waals surface area contributed by atoms with Crippen LogP contribution >= 0.6 is 0 Å². The van der Waals surface area contributed by atoms with Crippen LogP contribution in [0.1, 0.15) is 15.9 Å². The molecule has 98 valence electrons. The second-order valence-corrected chi connectivity index (χ2v) is 3.91. The Morgan fingerprint density at radius 1 is 1.42 bits per heavy atom. The summed E-state index contributed by atoms with van der Waals surface area (Å²) in [6, 6.07) is 7.09. The van der Waals surface area contributed by atoms with E-state index in [9.17, 15) is 4.79 Å². The number of oxime groups is 1. The molecule has 0 radical (unpaired) electrons. The van der Waals surface area contributed by atoms with Crippen LogP contribution in [-0.2, 0) is 6.42 Å². The molecule has 0 aliphatic heterocycles. The minimum atomic E-state index is -0.238. The zero-order chi connectivity index (χ0) is 13.7. The number of benzene rings is 1. The SMILES string of the molecule is NC(Cc1ccc(NC(=O)c2cn[nH]c2)cc1)=NO. The lowest BCUT2D eigenvalue weighted by atomic mass is 10.1. The third-order valence-corrected chi connectivity index (χ3v) is 2.49. The molecule has 7 heteroatoms. The number of hydrogen-bond donors (Lipinski definition) is 4. The lowest BCUT2D eigenvalue weighted by Gasteiger charge is -2.05. The fourth-order valence-electron chi connectivity index (χ4n) is 1.53. The maximum atomic E-state index is 11.7. The number of nitrogens with two attached hydrogens (primary N) is 1. The van der Waals surface area contributed by atoms with Crippen molar-refractivity contribution in [1.29, 1.82) is 0 Å². The first-order chi connectivity index (χ1) is 9.19. The van der Waals surface area contributed by atoms with Crippen molar-refractivity contribution in [1.82, 2.24) is 10.2 Å². The number of carbonyl (C=O) groups excluding carboxylic acids is 1. The Morgan fingerprint density at radius 2 is 2.16 bits per heavy atom. The predicted octanol–water partition coefficient (Wildman–Crippen LogP) is 0.951. The second kappa shape index (κ2) is 5.67. The van der Waals surface area contributed by atoms with E-state index in [1.54, 1.807) is 24.3 Å². The number of amides is 1. The molecule has 2 aromatic rings. The summed E-state index contributed by atoms with van der Waals surface area (Å²) in [6.07, 6.45) is 3.32. The Bertz CT molecular complexity index is 575.